The first-order chi connectivity index (χ1) is 12.1. The monoisotopic (exact) mass is 341 g/mol. The maximum atomic E-state index is 12.6. The lowest BCUT2D eigenvalue weighted by Crippen LogP contribution is -2.42. The molecule has 3 fully saturated rings. The number of hydrogen-bond acceptors (Lipinski definition) is 3. The molecular formula is C21H31N3O. The van der Waals surface area contributed by atoms with E-state index in [9.17, 15) is 4.79 Å². The van der Waals surface area contributed by atoms with Crippen LogP contribution in [0.2, 0.25) is 0 Å². The number of amides is 1. The molecule has 0 aromatic heterocycles. The summed E-state index contributed by atoms with van der Waals surface area (Å²) in [6.07, 6.45) is 3.64. The van der Waals surface area contributed by atoms with E-state index in [0.29, 0.717) is 30.3 Å². The maximum absolute atomic E-state index is 12.6. The van der Waals surface area contributed by atoms with Crippen LogP contribution in [-0.2, 0) is 4.79 Å². The van der Waals surface area contributed by atoms with Gasteiger partial charge >= 0.3 is 0 Å². The molecule has 0 spiro atoms. The summed E-state index contributed by atoms with van der Waals surface area (Å²) in [5.74, 6) is 1.70. The molecule has 0 saturated carbocycles. The second-order valence-electron chi connectivity index (χ2n) is 8.30. The first kappa shape index (κ1) is 17.0. The summed E-state index contributed by atoms with van der Waals surface area (Å²) < 4.78 is 0. The molecular weight excluding hydrogens is 310 g/mol. The van der Waals surface area contributed by atoms with Gasteiger partial charge in [-0.25, -0.2) is 0 Å². The molecule has 3 aliphatic rings. The lowest BCUT2D eigenvalue weighted by molar-refractivity contribution is -0.133. The number of aryl methyl sites for hydroxylation is 1. The predicted octanol–water partition coefficient (Wildman–Crippen LogP) is 2.54. The van der Waals surface area contributed by atoms with Crippen LogP contribution in [0.4, 0.5) is 0 Å². The van der Waals surface area contributed by atoms with Crippen LogP contribution < -0.4 is 0 Å². The summed E-state index contributed by atoms with van der Waals surface area (Å²) in [6, 6.07) is 9.31. The molecule has 1 amide bonds. The van der Waals surface area contributed by atoms with Crippen molar-refractivity contribution in [3.8, 4) is 0 Å². The number of piperidine rings is 1. The Morgan fingerprint density at radius 1 is 1.08 bits per heavy atom. The van der Waals surface area contributed by atoms with Crippen molar-refractivity contribution in [2.24, 2.45) is 11.8 Å². The minimum Gasteiger partial charge on any atom is -0.342 e. The Balaban J connectivity index is 1.42. The fourth-order valence-corrected chi connectivity index (χ4v) is 5.30. The van der Waals surface area contributed by atoms with E-state index in [1.807, 2.05) is 0 Å². The van der Waals surface area contributed by atoms with Gasteiger partial charge in [0.25, 0.3) is 0 Å². The maximum Gasteiger partial charge on any atom is 0.236 e. The molecule has 3 saturated heterocycles. The normalized spacial score (nSPS) is 30.6. The fraction of sp³-hybridized carbons (Fsp3) is 0.667. The molecule has 0 unspecified atom stereocenters. The number of benzene rings is 1. The Morgan fingerprint density at radius 2 is 1.84 bits per heavy atom. The van der Waals surface area contributed by atoms with Gasteiger partial charge in [0.1, 0.15) is 0 Å². The summed E-state index contributed by atoms with van der Waals surface area (Å²) in [5, 5.41) is 0. The van der Waals surface area contributed by atoms with Crippen molar-refractivity contribution in [1.82, 2.24) is 14.7 Å². The summed E-state index contributed by atoms with van der Waals surface area (Å²) in [4.78, 5) is 19.7. The van der Waals surface area contributed by atoms with Gasteiger partial charge in [0.05, 0.1) is 6.54 Å². The Kier molecular flexibility index (Phi) is 4.83. The lowest BCUT2D eigenvalue weighted by atomic mass is 9.88. The van der Waals surface area contributed by atoms with Gasteiger partial charge in [-0.15, -0.1) is 0 Å². The van der Waals surface area contributed by atoms with Gasteiger partial charge in [-0.1, -0.05) is 24.3 Å². The van der Waals surface area contributed by atoms with Crippen molar-refractivity contribution in [1.29, 1.82) is 0 Å². The predicted molar refractivity (Wildman–Crippen MR) is 100 cm³/mol. The summed E-state index contributed by atoms with van der Waals surface area (Å²) in [6.45, 7) is 8.07. The third-order valence-corrected chi connectivity index (χ3v) is 6.54. The molecule has 3 atom stereocenters. The van der Waals surface area contributed by atoms with Crippen molar-refractivity contribution in [2.45, 2.75) is 32.2 Å². The van der Waals surface area contributed by atoms with Crippen LogP contribution in [0.1, 0.15) is 36.4 Å². The summed E-state index contributed by atoms with van der Waals surface area (Å²) >= 11 is 0. The van der Waals surface area contributed by atoms with Crippen molar-refractivity contribution < 1.29 is 4.79 Å². The Morgan fingerprint density at radius 3 is 2.60 bits per heavy atom. The van der Waals surface area contributed by atoms with Crippen LogP contribution in [0, 0.1) is 18.8 Å². The number of carbonyl (C=O) groups excluding carboxylic acids is 1. The van der Waals surface area contributed by atoms with Gasteiger partial charge in [-0.2, -0.15) is 0 Å². The van der Waals surface area contributed by atoms with Crippen LogP contribution in [0.5, 0.6) is 0 Å². The van der Waals surface area contributed by atoms with E-state index in [1.165, 1.54) is 30.4 Å². The molecule has 0 bridgehead atoms. The quantitative estimate of drug-likeness (QED) is 0.845. The Hall–Kier alpha value is -1.39. The van der Waals surface area contributed by atoms with Gasteiger partial charge < -0.3 is 4.90 Å². The number of likely N-dealkylation sites (tertiary alicyclic amines) is 3. The zero-order chi connectivity index (χ0) is 17.4. The molecule has 1 aromatic carbocycles. The molecule has 4 rings (SSSR count). The molecule has 3 aliphatic heterocycles. The Labute approximate surface area is 151 Å². The number of fused-ring (bicyclic) bond motifs is 1. The van der Waals surface area contributed by atoms with Crippen molar-refractivity contribution in [3.05, 3.63) is 35.4 Å². The first-order valence-corrected chi connectivity index (χ1v) is 9.89. The molecule has 4 heteroatoms. The standard InChI is InChI=1S/C21H31N3O/c1-16-8-4-5-9-18(16)21-19-14-23(13-17(19)12-22(21)2)15-20(25)24-10-6-3-7-11-24/h4-5,8-9,17,19,21H,3,6-7,10-15H2,1-2H3/t17-,19+,21+/m0/s1. The highest BCUT2D eigenvalue weighted by Crippen LogP contribution is 2.44. The topological polar surface area (TPSA) is 26.8 Å². The third kappa shape index (κ3) is 3.34. The molecule has 136 valence electrons. The number of nitrogens with zero attached hydrogens (tertiary/aromatic N) is 3. The molecule has 0 N–H and O–H groups in total. The minimum absolute atomic E-state index is 0.348. The molecule has 4 nitrogen and oxygen atoms in total. The minimum atomic E-state index is 0.348. The van der Waals surface area contributed by atoms with E-state index in [2.05, 4.69) is 52.9 Å². The Bertz CT molecular complexity index is 625. The van der Waals surface area contributed by atoms with Crippen molar-refractivity contribution in [2.75, 3.05) is 46.3 Å². The van der Waals surface area contributed by atoms with E-state index >= 15 is 0 Å². The molecule has 3 heterocycles. The highest BCUT2D eigenvalue weighted by molar-refractivity contribution is 5.78. The third-order valence-electron chi connectivity index (χ3n) is 6.54. The van der Waals surface area contributed by atoms with Crippen LogP contribution in [0.3, 0.4) is 0 Å². The fourth-order valence-electron chi connectivity index (χ4n) is 5.30. The second-order valence-corrected chi connectivity index (χ2v) is 8.30. The van der Waals surface area contributed by atoms with Gasteiger partial charge in [0.15, 0.2) is 0 Å². The van der Waals surface area contributed by atoms with Crippen LogP contribution in [0.25, 0.3) is 0 Å². The lowest BCUT2D eigenvalue weighted by Gasteiger charge is -2.30. The molecule has 1 aromatic rings. The van der Waals surface area contributed by atoms with E-state index in [4.69, 9.17) is 0 Å². The van der Waals surface area contributed by atoms with Crippen LogP contribution in [-0.4, -0.2) is 66.9 Å². The number of carbonyl (C=O) groups is 1. The highest BCUT2D eigenvalue weighted by Gasteiger charge is 2.46. The van der Waals surface area contributed by atoms with Gasteiger partial charge in [-0.05, 0) is 56.2 Å². The van der Waals surface area contributed by atoms with E-state index in [-0.39, 0.29) is 0 Å². The second kappa shape index (κ2) is 7.08. The van der Waals surface area contributed by atoms with Crippen molar-refractivity contribution in [3.63, 3.8) is 0 Å². The zero-order valence-corrected chi connectivity index (χ0v) is 15.7. The first-order valence-electron chi connectivity index (χ1n) is 9.89. The molecule has 25 heavy (non-hydrogen) atoms. The number of hydrogen-bond donors (Lipinski definition) is 0. The largest absolute Gasteiger partial charge is 0.342 e. The van der Waals surface area contributed by atoms with E-state index in [1.54, 1.807) is 0 Å². The van der Waals surface area contributed by atoms with Gasteiger partial charge in [0.2, 0.25) is 5.91 Å². The molecule has 0 radical (unpaired) electrons. The van der Waals surface area contributed by atoms with Crippen LogP contribution in [0.15, 0.2) is 24.3 Å². The van der Waals surface area contributed by atoms with E-state index < -0.39 is 0 Å². The van der Waals surface area contributed by atoms with Crippen LogP contribution >= 0.6 is 0 Å². The molecule has 0 aliphatic carbocycles. The smallest absolute Gasteiger partial charge is 0.236 e. The average Bonchev–Trinajstić information content (AvgIpc) is 3.12. The SMILES string of the molecule is Cc1ccccc1[C@@H]1[C@@H]2CN(CC(=O)N3CCCCC3)C[C@@H]2CN1C. The highest BCUT2D eigenvalue weighted by atomic mass is 16.2. The van der Waals surface area contributed by atoms with E-state index in [0.717, 1.165) is 32.7 Å². The number of rotatable bonds is 3. The zero-order valence-electron chi connectivity index (χ0n) is 15.7. The summed E-state index contributed by atoms with van der Waals surface area (Å²) in [7, 11) is 2.26. The summed E-state index contributed by atoms with van der Waals surface area (Å²) in [5.41, 5.74) is 2.87. The van der Waals surface area contributed by atoms with Gasteiger partial charge in [-0.3, -0.25) is 14.6 Å². The average molecular weight is 341 g/mol. The van der Waals surface area contributed by atoms with Gasteiger partial charge in [0, 0.05) is 38.8 Å². The van der Waals surface area contributed by atoms with Crippen molar-refractivity contribution >= 4 is 5.91 Å².